The molecule has 4 nitrogen and oxygen atoms in total. The summed E-state index contributed by atoms with van der Waals surface area (Å²) in [5, 5.41) is 3.71. The highest BCUT2D eigenvalue weighted by Gasteiger charge is 2.61. The zero-order valence-corrected chi connectivity index (χ0v) is 14.5. The summed E-state index contributed by atoms with van der Waals surface area (Å²) in [6.45, 7) is 2.01. The molecule has 1 saturated heterocycles. The van der Waals surface area contributed by atoms with Crippen molar-refractivity contribution in [2.75, 3.05) is 20.3 Å². The lowest BCUT2D eigenvalue weighted by Crippen LogP contribution is -2.38. The van der Waals surface area contributed by atoms with Gasteiger partial charge < -0.3 is 14.3 Å². The van der Waals surface area contributed by atoms with Gasteiger partial charge in [-0.1, -0.05) is 40.5 Å². The van der Waals surface area contributed by atoms with Crippen LogP contribution in [-0.4, -0.2) is 36.5 Å². The fourth-order valence-corrected chi connectivity index (χ4v) is 2.59. The van der Waals surface area contributed by atoms with E-state index in [0.29, 0.717) is 17.0 Å². The molecule has 0 amide bonds. The summed E-state index contributed by atoms with van der Waals surface area (Å²) in [5.74, 6) is 0.467. The van der Waals surface area contributed by atoms with Gasteiger partial charge in [0.1, 0.15) is 25.1 Å². The minimum Gasteiger partial charge on any atom is -0.488 e. The molecule has 0 saturated carbocycles. The first-order valence-electron chi connectivity index (χ1n) is 6.98. The van der Waals surface area contributed by atoms with Crippen molar-refractivity contribution in [3.63, 3.8) is 0 Å². The first-order chi connectivity index (χ1) is 11.1. The molecule has 0 bridgehead atoms. The third-order valence-electron chi connectivity index (χ3n) is 3.47. The number of benzene rings is 1. The predicted octanol–water partition coefficient (Wildman–Crippen LogP) is 4.44. The van der Waals surface area contributed by atoms with Crippen molar-refractivity contribution in [2.45, 2.75) is 29.5 Å². The Hall–Kier alpha value is -1.18. The molecule has 1 heterocycles. The predicted molar refractivity (Wildman–Crippen MR) is 84.8 cm³/mol. The average Bonchev–Trinajstić information content (AvgIpc) is 3.25. The number of hydrogen-bond donors (Lipinski definition) is 0. The van der Waals surface area contributed by atoms with Crippen LogP contribution in [0.25, 0.3) is 0 Å². The molecule has 1 atom stereocenters. The highest BCUT2D eigenvalue weighted by molar-refractivity contribution is 6.49. The Morgan fingerprint density at radius 3 is 2.58 bits per heavy atom. The molecule has 1 aromatic carbocycles. The van der Waals surface area contributed by atoms with Gasteiger partial charge in [-0.05, 0) is 24.6 Å². The van der Waals surface area contributed by atoms with Crippen molar-refractivity contribution in [2.24, 2.45) is 5.16 Å². The summed E-state index contributed by atoms with van der Waals surface area (Å²) in [5.41, 5.74) is -0.0252. The smallest absolute Gasteiger partial charge is 0.421 e. The quantitative estimate of drug-likeness (QED) is 0.301. The number of epoxide rings is 1. The molecule has 0 spiro atoms. The molecule has 1 aliphatic rings. The lowest BCUT2D eigenvalue weighted by molar-refractivity contribution is -0.146. The molecular formula is C15H16Cl2F3NO3. The Morgan fingerprint density at radius 2 is 2.04 bits per heavy atom. The van der Waals surface area contributed by atoms with E-state index in [1.54, 1.807) is 31.2 Å². The Bertz CT molecular complexity index is 616. The van der Waals surface area contributed by atoms with Crippen LogP contribution in [0.4, 0.5) is 13.2 Å². The second kappa shape index (κ2) is 6.98. The molecule has 24 heavy (non-hydrogen) atoms. The zero-order valence-electron chi connectivity index (χ0n) is 13.0. The van der Waals surface area contributed by atoms with Crippen LogP contribution in [-0.2, 0) is 15.2 Å². The number of nitrogens with zero attached hydrogens (tertiary/aromatic N) is 1. The number of rotatable bonds is 7. The zero-order chi connectivity index (χ0) is 18.0. The highest BCUT2D eigenvalue weighted by atomic mass is 35.5. The topological polar surface area (TPSA) is 43.4 Å². The Labute approximate surface area is 147 Å². The fourth-order valence-electron chi connectivity index (χ4n) is 2.16. The molecular weight excluding hydrogens is 370 g/mol. The summed E-state index contributed by atoms with van der Waals surface area (Å²) < 4.78 is 46.6. The molecule has 0 radical (unpaired) electrons. The average molecular weight is 386 g/mol. The van der Waals surface area contributed by atoms with Gasteiger partial charge in [-0.3, -0.25) is 0 Å². The molecule has 2 rings (SSSR count). The van der Waals surface area contributed by atoms with Crippen LogP contribution >= 0.6 is 23.2 Å². The molecule has 134 valence electrons. The van der Waals surface area contributed by atoms with Gasteiger partial charge in [0.2, 0.25) is 4.33 Å². The SMILES string of the molecule is CON=C(C)COc1cccc(C2(CC(Cl)(Cl)C(F)(F)F)CO2)c1. The van der Waals surface area contributed by atoms with Crippen LogP contribution < -0.4 is 4.74 Å². The van der Waals surface area contributed by atoms with Crippen LogP contribution in [0.2, 0.25) is 0 Å². The summed E-state index contributed by atoms with van der Waals surface area (Å²) in [6.07, 6.45) is -5.35. The van der Waals surface area contributed by atoms with E-state index in [-0.39, 0.29) is 13.2 Å². The molecule has 0 aromatic heterocycles. The third-order valence-corrected chi connectivity index (χ3v) is 4.17. The van der Waals surface area contributed by atoms with Gasteiger partial charge in [-0.15, -0.1) is 0 Å². The number of halogens is 5. The largest absolute Gasteiger partial charge is 0.488 e. The van der Waals surface area contributed by atoms with Gasteiger partial charge >= 0.3 is 6.18 Å². The van der Waals surface area contributed by atoms with Crippen molar-refractivity contribution in [1.29, 1.82) is 0 Å². The summed E-state index contributed by atoms with van der Waals surface area (Å²) in [6, 6.07) is 6.59. The van der Waals surface area contributed by atoms with E-state index in [4.69, 9.17) is 32.7 Å². The molecule has 1 aromatic rings. The molecule has 1 aliphatic heterocycles. The monoisotopic (exact) mass is 385 g/mol. The van der Waals surface area contributed by atoms with Crippen molar-refractivity contribution in [3.05, 3.63) is 29.8 Å². The molecule has 1 fully saturated rings. The van der Waals surface area contributed by atoms with Crippen molar-refractivity contribution in [3.8, 4) is 5.75 Å². The minimum absolute atomic E-state index is 0.109. The maximum absolute atomic E-state index is 12.9. The van der Waals surface area contributed by atoms with Crippen LogP contribution in [0.15, 0.2) is 29.4 Å². The van der Waals surface area contributed by atoms with E-state index in [1.807, 2.05) is 0 Å². The molecule has 1 unspecified atom stereocenters. The lowest BCUT2D eigenvalue weighted by atomic mass is 9.94. The lowest BCUT2D eigenvalue weighted by Gasteiger charge is -2.26. The first kappa shape index (κ1) is 19.1. The second-order valence-electron chi connectivity index (χ2n) is 5.49. The fraction of sp³-hybridized carbons (Fsp3) is 0.533. The number of alkyl halides is 5. The van der Waals surface area contributed by atoms with E-state index in [1.165, 1.54) is 7.11 Å². The Balaban J connectivity index is 2.12. The normalized spacial score (nSPS) is 21.5. The maximum Gasteiger partial charge on any atom is 0.421 e. The van der Waals surface area contributed by atoms with Crippen LogP contribution in [0.5, 0.6) is 5.75 Å². The summed E-state index contributed by atoms with van der Waals surface area (Å²) in [7, 11) is 1.42. The van der Waals surface area contributed by atoms with E-state index in [9.17, 15) is 13.2 Å². The van der Waals surface area contributed by atoms with E-state index >= 15 is 0 Å². The summed E-state index contributed by atoms with van der Waals surface area (Å²) in [4.78, 5) is 4.62. The Morgan fingerprint density at radius 1 is 1.38 bits per heavy atom. The summed E-state index contributed by atoms with van der Waals surface area (Å²) >= 11 is 10.9. The minimum atomic E-state index is -4.75. The number of ether oxygens (including phenoxy) is 2. The highest BCUT2D eigenvalue weighted by Crippen LogP contribution is 2.53. The van der Waals surface area contributed by atoms with Crippen LogP contribution in [0.3, 0.4) is 0 Å². The molecule has 9 heteroatoms. The standard InChI is InChI=1S/C15H16Cl2F3NO3/c1-10(21-22-2)7-23-12-5-3-4-11(6-12)13(9-24-13)8-14(16,17)15(18,19)20/h3-6H,7-9H2,1-2H3. The molecule has 0 N–H and O–H groups in total. The van der Waals surface area contributed by atoms with Gasteiger partial charge in [-0.25, -0.2) is 0 Å². The molecule has 0 aliphatic carbocycles. The van der Waals surface area contributed by atoms with E-state index in [2.05, 4.69) is 9.99 Å². The van der Waals surface area contributed by atoms with E-state index in [0.717, 1.165) is 0 Å². The van der Waals surface area contributed by atoms with Gasteiger partial charge in [0.25, 0.3) is 0 Å². The van der Waals surface area contributed by atoms with Crippen LogP contribution in [0.1, 0.15) is 18.9 Å². The number of oxime groups is 1. The van der Waals surface area contributed by atoms with E-state index < -0.39 is 22.5 Å². The van der Waals surface area contributed by atoms with Crippen molar-refractivity contribution in [1.82, 2.24) is 0 Å². The maximum atomic E-state index is 12.9. The van der Waals surface area contributed by atoms with Gasteiger partial charge in [0.05, 0.1) is 12.3 Å². The Kier molecular flexibility index (Phi) is 5.57. The third kappa shape index (κ3) is 4.46. The number of hydrogen-bond acceptors (Lipinski definition) is 4. The van der Waals surface area contributed by atoms with Gasteiger partial charge in [0.15, 0.2) is 0 Å². The van der Waals surface area contributed by atoms with Crippen molar-refractivity contribution >= 4 is 28.9 Å². The first-order valence-corrected chi connectivity index (χ1v) is 7.74. The second-order valence-corrected chi connectivity index (χ2v) is 6.97. The van der Waals surface area contributed by atoms with Crippen LogP contribution in [0, 0.1) is 0 Å². The van der Waals surface area contributed by atoms with Gasteiger partial charge in [-0.2, -0.15) is 13.2 Å². The van der Waals surface area contributed by atoms with Gasteiger partial charge in [0, 0.05) is 6.42 Å². The van der Waals surface area contributed by atoms with Crippen molar-refractivity contribution < 1.29 is 27.5 Å².